The lowest BCUT2D eigenvalue weighted by atomic mass is 10.1. The first-order valence-corrected chi connectivity index (χ1v) is 7.85. The quantitative estimate of drug-likeness (QED) is 0.926. The zero-order chi connectivity index (χ0) is 14.7. The molecule has 0 spiro atoms. The van der Waals surface area contributed by atoms with Gasteiger partial charge < -0.3 is 15.0 Å². The van der Waals surface area contributed by atoms with E-state index >= 15 is 0 Å². The third kappa shape index (κ3) is 3.66. The average molecular weight is 310 g/mol. The van der Waals surface area contributed by atoms with E-state index in [9.17, 15) is 4.79 Å². The van der Waals surface area contributed by atoms with Crippen LogP contribution in [0.25, 0.3) is 0 Å². The van der Waals surface area contributed by atoms with Gasteiger partial charge in [-0.05, 0) is 31.4 Å². The Morgan fingerprint density at radius 3 is 2.86 bits per heavy atom. The smallest absolute Gasteiger partial charge is 0.225 e. The second-order valence-electron chi connectivity index (χ2n) is 5.66. The molecule has 114 valence electrons. The fourth-order valence-corrected chi connectivity index (χ4v) is 3.01. The molecule has 5 nitrogen and oxygen atoms in total. The Morgan fingerprint density at radius 2 is 2.14 bits per heavy atom. The van der Waals surface area contributed by atoms with Crippen LogP contribution in [0, 0.1) is 5.92 Å². The number of halogens is 1. The van der Waals surface area contributed by atoms with Crippen molar-refractivity contribution < 1.29 is 9.53 Å². The van der Waals surface area contributed by atoms with Crippen LogP contribution in [0.15, 0.2) is 18.3 Å². The van der Waals surface area contributed by atoms with Crippen molar-refractivity contribution in [1.29, 1.82) is 0 Å². The molecule has 0 saturated carbocycles. The summed E-state index contributed by atoms with van der Waals surface area (Å²) in [5, 5.41) is 3.79. The number of nitrogens with one attached hydrogen (secondary N) is 1. The number of carbonyl (C=O) groups is 1. The molecule has 1 aromatic heterocycles. The van der Waals surface area contributed by atoms with Crippen LogP contribution >= 0.6 is 11.6 Å². The fourth-order valence-electron chi connectivity index (χ4n) is 2.90. The van der Waals surface area contributed by atoms with Gasteiger partial charge in [-0.15, -0.1) is 0 Å². The van der Waals surface area contributed by atoms with E-state index in [1.54, 1.807) is 6.20 Å². The summed E-state index contributed by atoms with van der Waals surface area (Å²) in [6, 6.07) is 4.01. The lowest BCUT2D eigenvalue weighted by Crippen LogP contribution is -2.42. The second-order valence-corrected chi connectivity index (χ2v) is 6.10. The normalized spacial score (nSPS) is 23.3. The van der Waals surface area contributed by atoms with E-state index in [0.717, 1.165) is 51.4 Å². The molecule has 3 rings (SSSR count). The van der Waals surface area contributed by atoms with E-state index in [4.69, 9.17) is 16.3 Å². The molecule has 0 bridgehead atoms. The Morgan fingerprint density at radius 1 is 1.33 bits per heavy atom. The number of anilines is 1. The van der Waals surface area contributed by atoms with Gasteiger partial charge >= 0.3 is 0 Å². The summed E-state index contributed by atoms with van der Waals surface area (Å²) in [6.45, 7) is 3.08. The van der Waals surface area contributed by atoms with Gasteiger partial charge in [0.1, 0.15) is 5.82 Å². The number of hydrogen-bond acceptors (Lipinski definition) is 4. The topological polar surface area (TPSA) is 54.5 Å². The third-order valence-corrected chi connectivity index (χ3v) is 4.39. The Balaban J connectivity index is 1.53. The first kappa shape index (κ1) is 14.6. The number of hydrogen-bond donors (Lipinski definition) is 1. The molecule has 2 saturated heterocycles. The summed E-state index contributed by atoms with van der Waals surface area (Å²) in [7, 11) is 0. The molecule has 2 aliphatic heterocycles. The maximum Gasteiger partial charge on any atom is 0.225 e. The highest BCUT2D eigenvalue weighted by Gasteiger charge is 2.30. The standard InChI is InChI=1S/C15H20ClN3O2/c16-12-1-2-14(17-9-12)19-6-3-11(10-19)15(20)18-13-4-7-21-8-5-13/h1-2,9,11,13H,3-8,10H2,(H,18,20). The average Bonchev–Trinajstić information content (AvgIpc) is 2.99. The van der Waals surface area contributed by atoms with Gasteiger partial charge in [-0.2, -0.15) is 0 Å². The predicted molar refractivity (Wildman–Crippen MR) is 81.6 cm³/mol. The monoisotopic (exact) mass is 309 g/mol. The van der Waals surface area contributed by atoms with Crippen molar-refractivity contribution >= 4 is 23.3 Å². The zero-order valence-corrected chi connectivity index (χ0v) is 12.7. The van der Waals surface area contributed by atoms with Crippen molar-refractivity contribution in [2.45, 2.75) is 25.3 Å². The van der Waals surface area contributed by atoms with E-state index in [0.29, 0.717) is 5.02 Å². The maximum atomic E-state index is 12.3. The van der Waals surface area contributed by atoms with Crippen LogP contribution in [0.2, 0.25) is 5.02 Å². The maximum absolute atomic E-state index is 12.3. The largest absolute Gasteiger partial charge is 0.381 e. The molecule has 1 amide bonds. The van der Waals surface area contributed by atoms with Crippen molar-refractivity contribution in [1.82, 2.24) is 10.3 Å². The number of ether oxygens (including phenoxy) is 1. The van der Waals surface area contributed by atoms with E-state index in [1.165, 1.54) is 0 Å². The lowest BCUT2D eigenvalue weighted by molar-refractivity contribution is -0.125. The molecule has 1 N–H and O–H groups in total. The van der Waals surface area contributed by atoms with Gasteiger partial charge in [0, 0.05) is 38.5 Å². The zero-order valence-electron chi connectivity index (χ0n) is 11.9. The van der Waals surface area contributed by atoms with E-state index in [2.05, 4.69) is 15.2 Å². The number of pyridine rings is 1. The van der Waals surface area contributed by atoms with Gasteiger partial charge in [0.2, 0.25) is 5.91 Å². The van der Waals surface area contributed by atoms with Crippen LogP contribution in [-0.4, -0.2) is 43.2 Å². The summed E-state index contributed by atoms with van der Waals surface area (Å²) in [5.41, 5.74) is 0. The lowest BCUT2D eigenvalue weighted by Gasteiger charge is -2.24. The highest BCUT2D eigenvalue weighted by atomic mass is 35.5. The number of amides is 1. The molecule has 2 fully saturated rings. The number of aromatic nitrogens is 1. The van der Waals surface area contributed by atoms with Gasteiger partial charge in [-0.3, -0.25) is 4.79 Å². The van der Waals surface area contributed by atoms with Crippen LogP contribution in [0.3, 0.4) is 0 Å². The molecular weight excluding hydrogens is 290 g/mol. The van der Waals surface area contributed by atoms with Crippen LogP contribution in [0.4, 0.5) is 5.82 Å². The van der Waals surface area contributed by atoms with Crippen LogP contribution in [0.1, 0.15) is 19.3 Å². The van der Waals surface area contributed by atoms with Crippen molar-refractivity contribution in [2.24, 2.45) is 5.92 Å². The highest BCUT2D eigenvalue weighted by Crippen LogP contribution is 2.23. The summed E-state index contributed by atoms with van der Waals surface area (Å²) < 4.78 is 5.31. The summed E-state index contributed by atoms with van der Waals surface area (Å²) in [4.78, 5) is 18.8. The number of carbonyl (C=O) groups excluding carboxylic acids is 1. The van der Waals surface area contributed by atoms with Crippen LogP contribution in [0.5, 0.6) is 0 Å². The number of nitrogens with zero attached hydrogens (tertiary/aromatic N) is 2. The minimum atomic E-state index is 0.0466. The molecule has 1 aromatic rings. The minimum Gasteiger partial charge on any atom is -0.381 e. The molecule has 6 heteroatoms. The molecule has 2 aliphatic rings. The molecule has 0 aromatic carbocycles. The van der Waals surface area contributed by atoms with E-state index < -0.39 is 0 Å². The van der Waals surface area contributed by atoms with Gasteiger partial charge in [-0.1, -0.05) is 11.6 Å². The summed E-state index contributed by atoms with van der Waals surface area (Å²) in [5.74, 6) is 1.10. The highest BCUT2D eigenvalue weighted by molar-refractivity contribution is 6.30. The molecule has 1 unspecified atom stereocenters. The van der Waals surface area contributed by atoms with E-state index in [-0.39, 0.29) is 17.9 Å². The first-order valence-electron chi connectivity index (χ1n) is 7.47. The Bertz CT molecular complexity index is 488. The Hall–Kier alpha value is -1.33. The summed E-state index contributed by atoms with van der Waals surface area (Å²) >= 11 is 5.85. The van der Waals surface area contributed by atoms with Gasteiger partial charge in [0.15, 0.2) is 0 Å². The Kier molecular flexibility index (Phi) is 4.60. The summed E-state index contributed by atoms with van der Waals surface area (Å²) in [6.07, 6.45) is 4.35. The predicted octanol–water partition coefficient (Wildman–Crippen LogP) is 1.86. The molecule has 3 heterocycles. The molecule has 0 radical (unpaired) electrons. The minimum absolute atomic E-state index is 0.0466. The molecule has 0 aliphatic carbocycles. The van der Waals surface area contributed by atoms with Crippen molar-refractivity contribution in [2.75, 3.05) is 31.2 Å². The molecule has 21 heavy (non-hydrogen) atoms. The van der Waals surface area contributed by atoms with Crippen LogP contribution in [-0.2, 0) is 9.53 Å². The van der Waals surface area contributed by atoms with Crippen molar-refractivity contribution in [3.8, 4) is 0 Å². The number of rotatable bonds is 3. The first-order chi connectivity index (χ1) is 10.2. The third-order valence-electron chi connectivity index (χ3n) is 4.16. The SMILES string of the molecule is O=C(NC1CCOCC1)C1CCN(c2ccc(Cl)cn2)C1. The molecule has 1 atom stereocenters. The Labute approximate surface area is 129 Å². The van der Waals surface area contributed by atoms with Gasteiger partial charge in [-0.25, -0.2) is 4.98 Å². The van der Waals surface area contributed by atoms with Crippen LogP contribution < -0.4 is 10.2 Å². The fraction of sp³-hybridized carbons (Fsp3) is 0.600. The second kappa shape index (κ2) is 6.62. The van der Waals surface area contributed by atoms with Gasteiger partial charge in [0.05, 0.1) is 10.9 Å². The van der Waals surface area contributed by atoms with Crippen molar-refractivity contribution in [3.63, 3.8) is 0 Å². The van der Waals surface area contributed by atoms with Gasteiger partial charge in [0.25, 0.3) is 0 Å². The van der Waals surface area contributed by atoms with E-state index in [1.807, 2.05) is 12.1 Å². The molecular formula is C15H20ClN3O2. The van der Waals surface area contributed by atoms with Crippen molar-refractivity contribution in [3.05, 3.63) is 23.4 Å².